The van der Waals surface area contributed by atoms with Crippen LogP contribution in [-0.4, -0.2) is 21.5 Å². The van der Waals surface area contributed by atoms with Gasteiger partial charge in [0.1, 0.15) is 0 Å². The molecule has 2 aliphatic carbocycles. The van der Waals surface area contributed by atoms with Gasteiger partial charge >= 0.3 is 0 Å². The Morgan fingerprint density at radius 3 is 2.86 bits per heavy atom. The molecule has 5 rings (SSSR count). The van der Waals surface area contributed by atoms with Gasteiger partial charge in [-0.3, -0.25) is 9.36 Å². The van der Waals surface area contributed by atoms with E-state index in [1.807, 2.05) is 12.1 Å². The van der Waals surface area contributed by atoms with E-state index in [-0.39, 0.29) is 16.4 Å². The highest BCUT2D eigenvalue weighted by molar-refractivity contribution is 6.22. The fourth-order valence-corrected chi connectivity index (χ4v) is 5.48. The minimum absolute atomic E-state index is 0.0204. The molecule has 0 spiro atoms. The summed E-state index contributed by atoms with van der Waals surface area (Å²) in [6, 6.07) is 6.09. The van der Waals surface area contributed by atoms with Gasteiger partial charge < -0.3 is 5.32 Å². The Kier molecular flexibility index (Phi) is 2.50. The average molecular weight is 316 g/mol. The number of nitrogens with one attached hydrogen (secondary N) is 1. The van der Waals surface area contributed by atoms with Crippen molar-refractivity contribution < 1.29 is 0 Å². The lowest BCUT2D eigenvalue weighted by Crippen LogP contribution is -2.31. The lowest BCUT2D eigenvalue weighted by atomic mass is 9.76. The molecule has 2 aromatic rings. The van der Waals surface area contributed by atoms with Crippen LogP contribution in [0, 0.1) is 5.92 Å². The van der Waals surface area contributed by atoms with Crippen molar-refractivity contribution in [2.75, 3.05) is 11.9 Å². The van der Waals surface area contributed by atoms with E-state index in [0.717, 1.165) is 35.9 Å². The molecular weight excluding hydrogens is 298 g/mol. The Balaban J connectivity index is 1.84. The number of benzene rings is 1. The summed E-state index contributed by atoms with van der Waals surface area (Å²) in [6.07, 6.45) is 4.58. The molecule has 5 heteroatoms. The van der Waals surface area contributed by atoms with E-state index < -0.39 is 0 Å². The van der Waals surface area contributed by atoms with E-state index >= 15 is 0 Å². The molecule has 22 heavy (non-hydrogen) atoms. The van der Waals surface area contributed by atoms with E-state index in [1.165, 1.54) is 12.8 Å². The maximum atomic E-state index is 13.0. The molecule has 114 valence electrons. The third-order valence-corrected chi connectivity index (χ3v) is 6.78. The van der Waals surface area contributed by atoms with Crippen molar-refractivity contribution in [2.45, 2.75) is 43.0 Å². The summed E-state index contributed by atoms with van der Waals surface area (Å²) < 4.78 is 1.77. The minimum atomic E-state index is -0.0204. The molecular formula is C17H18ClN3O. The number of halogens is 1. The molecule has 4 nitrogen and oxygen atoms in total. The van der Waals surface area contributed by atoms with Gasteiger partial charge in [0.15, 0.2) is 0 Å². The highest BCUT2D eigenvalue weighted by Crippen LogP contribution is 2.58. The number of hydrogen-bond acceptors (Lipinski definition) is 3. The number of aromatic nitrogens is 2. The highest BCUT2D eigenvalue weighted by atomic mass is 35.5. The zero-order valence-electron chi connectivity index (χ0n) is 12.3. The topological polar surface area (TPSA) is 46.9 Å². The third kappa shape index (κ3) is 1.44. The molecule has 1 aromatic carbocycles. The summed E-state index contributed by atoms with van der Waals surface area (Å²) in [5.74, 6) is 1.31. The minimum Gasteiger partial charge on any atom is -0.354 e. The van der Waals surface area contributed by atoms with Crippen molar-refractivity contribution in [1.82, 2.24) is 9.55 Å². The van der Waals surface area contributed by atoms with Crippen LogP contribution >= 0.6 is 11.6 Å². The second-order valence-electron chi connectivity index (χ2n) is 6.91. The quantitative estimate of drug-likeness (QED) is 0.823. The fourth-order valence-electron chi connectivity index (χ4n) is 4.89. The molecule has 1 N–H and O–H groups in total. The van der Waals surface area contributed by atoms with Crippen molar-refractivity contribution in [1.29, 1.82) is 0 Å². The van der Waals surface area contributed by atoms with Crippen molar-refractivity contribution in [2.24, 2.45) is 5.92 Å². The van der Waals surface area contributed by atoms with Gasteiger partial charge in [0.2, 0.25) is 5.95 Å². The first-order chi connectivity index (χ1) is 10.7. The number of alkyl halides is 1. The van der Waals surface area contributed by atoms with Crippen LogP contribution in [0.5, 0.6) is 0 Å². The van der Waals surface area contributed by atoms with E-state index in [4.69, 9.17) is 11.6 Å². The van der Waals surface area contributed by atoms with Gasteiger partial charge in [-0.2, -0.15) is 0 Å². The number of hydrogen-bond donors (Lipinski definition) is 1. The Hall–Kier alpha value is -1.55. The summed E-state index contributed by atoms with van der Waals surface area (Å²) >= 11 is 6.80. The third-order valence-electron chi connectivity index (χ3n) is 6.00. The summed E-state index contributed by atoms with van der Waals surface area (Å²) in [5, 5.41) is 4.14. The molecule has 1 aliphatic heterocycles. The lowest BCUT2D eigenvalue weighted by molar-refractivity contribution is 0.422. The Bertz CT molecular complexity index is 836. The summed E-state index contributed by atoms with van der Waals surface area (Å²) in [5.41, 5.74) is 2.02. The fraction of sp³-hybridized carbons (Fsp3) is 0.529. The number of nitrogens with zero attached hydrogens (tertiary/aromatic N) is 2. The maximum absolute atomic E-state index is 13.0. The van der Waals surface area contributed by atoms with Crippen LogP contribution in [0.3, 0.4) is 0 Å². The normalized spacial score (nSPS) is 32.4. The van der Waals surface area contributed by atoms with Crippen molar-refractivity contribution >= 4 is 28.5 Å². The smallest absolute Gasteiger partial charge is 0.263 e. The van der Waals surface area contributed by atoms with Crippen molar-refractivity contribution in [3.8, 4) is 0 Å². The van der Waals surface area contributed by atoms with Crippen molar-refractivity contribution in [3.05, 3.63) is 34.1 Å². The van der Waals surface area contributed by atoms with E-state index in [1.54, 1.807) is 4.57 Å². The van der Waals surface area contributed by atoms with Crippen molar-refractivity contribution in [3.63, 3.8) is 0 Å². The first-order valence-corrected chi connectivity index (χ1v) is 8.56. The van der Waals surface area contributed by atoms with Gasteiger partial charge in [-0.1, -0.05) is 12.1 Å². The van der Waals surface area contributed by atoms with Gasteiger partial charge in [-0.25, -0.2) is 4.98 Å². The molecule has 0 amide bonds. The number of fused-ring (bicyclic) bond motifs is 4. The van der Waals surface area contributed by atoms with Crippen LogP contribution in [0.1, 0.15) is 31.2 Å². The molecule has 2 fully saturated rings. The van der Waals surface area contributed by atoms with E-state index in [9.17, 15) is 4.79 Å². The largest absolute Gasteiger partial charge is 0.354 e. The molecule has 1 unspecified atom stereocenters. The molecule has 0 saturated heterocycles. The van der Waals surface area contributed by atoms with Gasteiger partial charge in [0.05, 0.1) is 10.9 Å². The van der Waals surface area contributed by atoms with Gasteiger partial charge in [-0.15, -0.1) is 11.6 Å². The second-order valence-corrected chi connectivity index (χ2v) is 7.38. The standard InChI is InChI=1S/C17H18ClN3O/c18-14-10-4-6-17(14,7-5-10)11-2-1-3-12-13(11)15(22)21-9-8-19-16(21)20-12/h1-3,10,14H,4-9H2,(H,19,20). The van der Waals surface area contributed by atoms with Crippen LogP contribution in [0.25, 0.3) is 10.9 Å². The zero-order chi connectivity index (χ0) is 14.9. The second kappa shape index (κ2) is 4.25. The van der Waals surface area contributed by atoms with Crippen LogP contribution < -0.4 is 10.9 Å². The van der Waals surface area contributed by atoms with Gasteiger partial charge in [0.25, 0.3) is 5.56 Å². The summed E-state index contributed by atoms with van der Waals surface area (Å²) in [6.45, 7) is 1.48. The highest BCUT2D eigenvalue weighted by Gasteiger charge is 2.54. The Labute approximate surface area is 133 Å². The Morgan fingerprint density at radius 1 is 1.32 bits per heavy atom. The predicted molar refractivity (Wildman–Crippen MR) is 87.8 cm³/mol. The van der Waals surface area contributed by atoms with Crippen LogP contribution in [0.15, 0.2) is 23.0 Å². The van der Waals surface area contributed by atoms with Crippen LogP contribution in [0.4, 0.5) is 5.95 Å². The molecule has 2 saturated carbocycles. The van der Waals surface area contributed by atoms with Crippen LogP contribution in [0.2, 0.25) is 0 Å². The first kappa shape index (κ1) is 12.9. The lowest BCUT2D eigenvalue weighted by Gasteiger charge is -2.30. The Morgan fingerprint density at radius 2 is 2.14 bits per heavy atom. The summed E-state index contributed by atoms with van der Waals surface area (Å²) in [7, 11) is 0. The van der Waals surface area contributed by atoms with Gasteiger partial charge in [0, 0.05) is 23.9 Å². The van der Waals surface area contributed by atoms with Crippen LogP contribution in [-0.2, 0) is 12.0 Å². The molecule has 2 bridgehead atoms. The van der Waals surface area contributed by atoms with E-state index in [2.05, 4.69) is 16.4 Å². The predicted octanol–water partition coefficient (Wildman–Crippen LogP) is 2.87. The molecule has 0 radical (unpaired) electrons. The zero-order valence-corrected chi connectivity index (χ0v) is 13.1. The van der Waals surface area contributed by atoms with E-state index in [0.29, 0.717) is 18.4 Å². The average Bonchev–Trinajstić information content (AvgIpc) is 3.22. The molecule has 1 atom stereocenters. The molecule has 3 aliphatic rings. The summed E-state index contributed by atoms with van der Waals surface area (Å²) in [4.78, 5) is 17.7. The maximum Gasteiger partial charge on any atom is 0.263 e. The number of rotatable bonds is 1. The SMILES string of the molecule is O=c1c2c(C34CCC(CC3)C4Cl)cccc2nc2n1CCN2. The van der Waals surface area contributed by atoms with Gasteiger partial charge in [-0.05, 0) is 43.2 Å². The first-order valence-electron chi connectivity index (χ1n) is 8.13. The molecule has 1 aromatic heterocycles. The number of anilines is 1. The monoisotopic (exact) mass is 315 g/mol. The molecule has 2 heterocycles.